The summed E-state index contributed by atoms with van der Waals surface area (Å²) in [4.78, 5) is 0. The lowest BCUT2D eigenvalue weighted by atomic mass is 9.99. The van der Waals surface area contributed by atoms with Crippen LogP contribution < -0.4 is 0 Å². The summed E-state index contributed by atoms with van der Waals surface area (Å²) in [5, 5.41) is 0. The molecule has 46 valence electrons. The van der Waals surface area contributed by atoms with E-state index in [2.05, 4.69) is 36.4 Å². The normalized spacial score (nSPS) is 11.1. The monoisotopic (exact) mass is 134 g/mol. The maximum Gasteiger partial charge on any atom is -0.0149 e. The van der Waals surface area contributed by atoms with Gasteiger partial charge in [-0.1, -0.05) is 36.4 Å². The van der Waals surface area contributed by atoms with E-state index in [0.717, 1.165) is 0 Å². The maximum absolute atomic E-state index is 2.12. The van der Waals surface area contributed by atoms with Gasteiger partial charge in [0.05, 0.1) is 0 Å². The first-order chi connectivity index (χ1) is 3.97. The molecule has 1 heteroatoms. The number of hydrogen-bond donors (Lipinski definition) is 0. The molecule has 0 bridgehead atoms. The molecule has 0 radical (unpaired) electrons. The van der Waals surface area contributed by atoms with Gasteiger partial charge in [0, 0.05) is 0 Å². The van der Waals surface area contributed by atoms with E-state index in [1.54, 1.807) is 0 Å². The Labute approximate surface area is 59.2 Å². The molecule has 0 nitrogen and oxygen atoms in total. The second kappa shape index (κ2) is 2.19. The second-order valence-electron chi connectivity index (χ2n) is 1.96. The molecule has 0 atom stereocenters. The van der Waals surface area contributed by atoms with Crippen LogP contribution in [0.25, 0.3) is 12.2 Å². The highest BCUT2D eigenvalue weighted by atomic mass is 28.1. The van der Waals surface area contributed by atoms with Gasteiger partial charge in [-0.25, -0.2) is 0 Å². The van der Waals surface area contributed by atoms with Gasteiger partial charge in [0.15, 0.2) is 0 Å². The van der Waals surface area contributed by atoms with E-state index in [4.69, 9.17) is 0 Å². The average Bonchev–Trinajstić information content (AvgIpc) is 1.72. The van der Waals surface area contributed by atoms with Crippen molar-refractivity contribution in [2.75, 3.05) is 0 Å². The quantitative estimate of drug-likeness (QED) is 0.466. The fraction of sp³-hybridized carbons (Fsp3) is 0. The van der Waals surface area contributed by atoms with E-state index in [-0.39, 0.29) is 11.0 Å². The molecule has 0 amide bonds. The predicted octanol–water partition coefficient (Wildman–Crippen LogP) is 0.719. The minimum absolute atomic E-state index is 0. The summed E-state index contributed by atoms with van der Waals surface area (Å²) in [5.74, 6) is 0. The van der Waals surface area contributed by atoms with Crippen molar-refractivity contribution < 1.29 is 0 Å². The largest absolute Gasteiger partial charge is 0.0616 e. The van der Waals surface area contributed by atoms with Gasteiger partial charge in [0.2, 0.25) is 0 Å². The number of fused-ring (bicyclic) bond motifs is 1. The zero-order valence-electron chi connectivity index (χ0n) is 4.46. The van der Waals surface area contributed by atoms with Gasteiger partial charge in [-0.05, 0) is 22.1 Å². The first-order valence-electron chi connectivity index (χ1n) is 2.74. The minimum Gasteiger partial charge on any atom is -0.0616 e. The van der Waals surface area contributed by atoms with E-state index in [1.807, 2.05) is 0 Å². The number of rotatable bonds is 0. The van der Waals surface area contributed by atoms with Crippen molar-refractivity contribution in [1.29, 1.82) is 0 Å². The standard InChI is InChI=1S/C8H6.H4Si/c1-2-4-8-6-5-7(8)3-1;/h1-6H;1H4. The third kappa shape index (κ3) is 0.835. The predicted molar refractivity (Wildman–Crippen MR) is 46.7 cm³/mol. The topological polar surface area (TPSA) is 0 Å². The Morgan fingerprint density at radius 2 is 1.22 bits per heavy atom. The van der Waals surface area contributed by atoms with Crippen LogP contribution >= 0.6 is 0 Å². The first-order valence-corrected chi connectivity index (χ1v) is 2.74. The van der Waals surface area contributed by atoms with E-state index in [0.29, 0.717) is 0 Å². The second-order valence-corrected chi connectivity index (χ2v) is 1.96. The third-order valence-corrected chi connectivity index (χ3v) is 1.44. The first kappa shape index (κ1) is 6.30. The van der Waals surface area contributed by atoms with Gasteiger partial charge in [-0.15, -0.1) is 0 Å². The zero-order valence-corrected chi connectivity index (χ0v) is 4.46. The maximum atomic E-state index is 2.12. The molecule has 0 unspecified atom stereocenters. The molecule has 0 saturated carbocycles. The van der Waals surface area contributed by atoms with E-state index >= 15 is 0 Å². The van der Waals surface area contributed by atoms with Crippen LogP contribution in [-0.2, 0) is 0 Å². The van der Waals surface area contributed by atoms with Gasteiger partial charge in [-0.3, -0.25) is 0 Å². The van der Waals surface area contributed by atoms with E-state index < -0.39 is 0 Å². The molecule has 9 heavy (non-hydrogen) atoms. The fourth-order valence-corrected chi connectivity index (χ4v) is 0.898. The molecule has 0 saturated heterocycles. The lowest BCUT2D eigenvalue weighted by molar-refractivity contribution is 1.58. The number of benzene rings is 1. The summed E-state index contributed by atoms with van der Waals surface area (Å²) in [7, 11) is 0. The molecule has 0 aliphatic heterocycles. The smallest absolute Gasteiger partial charge is 0.0149 e. The lowest BCUT2D eigenvalue weighted by Crippen LogP contribution is -1.85. The van der Waals surface area contributed by atoms with E-state index in [9.17, 15) is 0 Å². The Morgan fingerprint density at radius 1 is 0.778 bits per heavy atom. The van der Waals surface area contributed by atoms with Crippen LogP contribution in [0.1, 0.15) is 11.1 Å². The molecule has 1 aliphatic rings. The Bertz CT molecular complexity index is 213. The van der Waals surface area contributed by atoms with Gasteiger partial charge in [-0.2, -0.15) is 0 Å². The van der Waals surface area contributed by atoms with Crippen LogP contribution in [0, 0.1) is 0 Å². The molecule has 0 fully saturated rings. The Morgan fingerprint density at radius 3 is 1.44 bits per heavy atom. The van der Waals surface area contributed by atoms with Crippen molar-refractivity contribution in [2.45, 2.75) is 0 Å². The molecule has 1 aromatic carbocycles. The van der Waals surface area contributed by atoms with Crippen LogP contribution in [0.15, 0.2) is 24.3 Å². The van der Waals surface area contributed by atoms with Crippen molar-refractivity contribution in [2.24, 2.45) is 0 Å². The fourth-order valence-electron chi connectivity index (χ4n) is 0.898. The van der Waals surface area contributed by atoms with Crippen LogP contribution in [0.2, 0.25) is 0 Å². The Kier molecular flexibility index (Phi) is 1.53. The van der Waals surface area contributed by atoms with Gasteiger partial charge < -0.3 is 0 Å². The van der Waals surface area contributed by atoms with Crippen molar-refractivity contribution >= 4 is 23.1 Å². The molecule has 2 rings (SSSR count). The lowest BCUT2D eigenvalue weighted by Gasteiger charge is -2.06. The van der Waals surface area contributed by atoms with Gasteiger partial charge >= 0.3 is 0 Å². The molecule has 1 aliphatic carbocycles. The van der Waals surface area contributed by atoms with Crippen molar-refractivity contribution in [1.82, 2.24) is 0 Å². The highest BCUT2D eigenvalue weighted by Gasteiger charge is 1.99. The van der Waals surface area contributed by atoms with Crippen LogP contribution in [0.4, 0.5) is 0 Å². The van der Waals surface area contributed by atoms with Crippen LogP contribution in [0.3, 0.4) is 0 Å². The van der Waals surface area contributed by atoms with Crippen molar-refractivity contribution in [3.63, 3.8) is 0 Å². The van der Waals surface area contributed by atoms with Gasteiger partial charge in [0.25, 0.3) is 0 Å². The summed E-state index contributed by atoms with van der Waals surface area (Å²) >= 11 is 0. The molecular formula is C8H10Si. The van der Waals surface area contributed by atoms with Crippen molar-refractivity contribution in [3.05, 3.63) is 35.4 Å². The van der Waals surface area contributed by atoms with Crippen LogP contribution in [-0.4, -0.2) is 11.0 Å². The molecule has 0 heterocycles. The molecule has 0 spiro atoms. The van der Waals surface area contributed by atoms with Crippen LogP contribution in [0.5, 0.6) is 0 Å². The summed E-state index contributed by atoms with van der Waals surface area (Å²) in [6.45, 7) is 0. The Hall–Kier alpha value is -0.823. The molecule has 0 N–H and O–H groups in total. The summed E-state index contributed by atoms with van der Waals surface area (Å²) in [5.41, 5.74) is 2.74. The average molecular weight is 134 g/mol. The molecular weight excluding hydrogens is 124 g/mol. The molecule has 0 aromatic heterocycles. The minimum atomic E-state index is 0. The third-order valence-electron chi connectivity index (χ3n) is 1.44. The summed E-state index contributed by atoms with van der Waals surface area (Å²) in [6.07, 6.45) is 4.24. The zero-order chi connectivity index (χ0) is 5.40. The Balaban J connectivity index is 0.000000405. The van der Waals surface area contributed by atoms with Gasteiger partial charge in [0.1, 0.15) is 0 Å². The highest BCUT2D eigenvalue weighted by molar-refractivity contribution is 5.85. The van der Waals surface area contributed by atoms with Crippen molar-refractivity contribution in [3.8, 4) is 0 Å². The summed E-state index contributed by atoms with van der Waals surface area (Å²) in [6, 6.07) is 8.36. The number of hydrogen-bond acceptors (Lipinski definition) is 0. The highest BCUT2D eigenvalue weighted by Crippen LogP contribution is 2.21. The SMILES string of the molecule is C1=Cc2ccccc21.[SiH4]. The molecule has 1 aromatic rings. The summed E-state index contributed by atoms with van der Waals surface area (Å²) < 4.78 is 0. The van der Waals surface area contributed by atoms with E-state index in [1.165, 1.54) is 11.1 Å².